The fourth-order valence-corrected chi connectivity index (χ4v) is 1.58. The summed E-state index contributed by atoms with van der Waals surface area (Å²) in [4.78, 5) is 0. The van der Waals surface area contributed by atoms with E-state index in [-0.39, 0.29) is 23.0 Å². The maximum absolute atomic E-state index is 9.67. The van der Waals surface area contributed by atoms with Crippen LogP contribution in [-0.2, 0) is 0 Å². The van der Waals surface area contributed by atoms with Crippen molar-refractivity contribution in [2.45, 2.75) is 6.92 Å². The fourth-order valence-electron chi connectivity index (χ4n) is 1.41. The van der Waals surface area contributed by atoms with Crippen LogP contribution in [0.3, 0.4) is 0 Å². The number of phenols is 2. The highest BCUT2D eigenvalue weighted by Gasteiger charge is 2.08. The van der Waals surface area contributed by atoms with E-state index in [1.54, 1.807) is 18.2 Å². The van der Waals surface area contributed by atoms with E-state index in [9.17, 15) is 10.2 Å². The van der Waals surface area contributed by atoms with Gasteiger partial charge in [0.25, 0.3) is 0 Å². The molecule has 0 atom stereocenters. The van der Waals surface area contributed by atoms with Crippen molar-refractivity contribution >= 4 is 11.6 Å². The number of hydrogen-bond donors (Lipinski definition) is 2. The van der Waals surface area contributed by atoms with Crippen molar-refractivity contribution in [3.8, 4) is 23.0 Å². The summed E-state index contributed by atoms with van der Waals surface area (Å²) in [5, 5.41) is 19.7. The first-order chi connectivity index (χ1) is 8.06. The van der Waals surface area contributed by atoms with E-state index >= 15 is 0 Å². The second-order valence-electron chi connectivity index (χ2n) is 3.69. The predicted molar refractivity (Wildman–Crippen MR) is 66.0 cm³/mol. The number of benzene rings is 2. The lowest BCUT2D eigenvalue weighted by molar-refractivity contribution is 0.385. The molecular formula is C13H11ClO3. The second-order valence-corrected chi connectivity index (χ2v) is 4.12. The van der Waals surface area contributed by atoms with Crippen molar-refractivity contribution in [1.82, 2.24) is 0 Å². The number of hydrogen-bond acceptors (Lipinski definition) is 3. The number of halogens is 1. The van der Waals surface area contributed by atoms with Crippen molar-refractivity contribution < 1.29 is 14.9 Å². The lowest BCUT2D eigenvalue weighted by atomic mass is 10.2. The Balaban J connectivity index is 2.31. The molecule has 0 aliphatic carbocycles. The summed E-state index contributed by atoms with van der Waals surface area (Å²) in [6.45, 7) is 1.86. The van der Waals surface area contributed by atoms with E-state index in [1.165, 1.54) is 12.1 Å². The van der Waals surface area contributed by atoms with E-state index in [1.807, 2.05) is 13.0 Å². The minimum absolute atomic E-state index is 0.0272. The van der Waals surface area contributed by atoms with E-state index in [4.69, 9.17) is 16.3 Å². The molecule has 0 aliphatic rings. The monoisotopic (exact) mass is 250 g/mol. The van der Waals surface area contributed by atoms with Crippen LogP contribution in [0.2, 0.25) is 5.02 Å². The number of ether oxygens (including phenoxy) is 1. The Morgan fingerprint density at radius 1 is 0.941 bits per heavy atom. The Hall–Kier alpha value is -1.87. The number of rotatable bonds is 2. The van der Waals surface area contributed by atoms with Crippen LogP contribution in [-0.4, -0.2) is 10.2 Å². The molecule has 88 valence electrons. The van der Waals surface area contributed by atoms with Crippen molar-refractivity contribution in [3.05, 3.63) is 47.0 Å². The van der Waals surface area contributed by atoms with Crippen LogP contribution in [0.25, 0.3) is 0 Å². The second kappa shape index (κ2) is 4.55. The molecule has 2 aromatic rings. The molecule has 0 bridgehead atoms. The third kappa shape index (κ3) is 2.63. The van der Waals surface area contributed by atoms with Crippen LogP contribution in [0.15, 0.2) is 36.4 Å². The number of aryl methyl sites for hydroxylation is 1. The zero-order chi connectivity index (χ0) is 12.4. The molecule has 0 amide bonds. The SMILES string of the molecule is Cc1ccc(Oc2ccc(Cl)cc2O)c(O)c1. The molecule has 0 unspecified atom stereocenters. The van der Waals surface area contributed by atoms with Gasteiger partial charge in [-0.2, -0.15) is 0 Å². The summed E-state index contributed by atoms with van der Waals surface area (Å²) < 4.78 is 5.39. The van der Waals surface area contributed by atoms with Gasteiger partial charge in [0.05, 0.1) is 0 Å². The molecular weight excluding hydrogens is 240 g/mol. The molecule has 2 rings (SSSR count). The Morgan fingerprint density at radius 3 is 2.12 bits per heavy atom. The van der Waals surface area contributed by atoms with Crippen molar-refractivity contribution in [2.24, 2.45) is 0 Å². The molecule has 0 heterocycles. The predicted octanol–water partition coefficient (Wildman–Crippen LogP) is 3.85. The molecule has 0 fully saturated rings. The minimum atomic E-state index is -0.0718. The van der Waals surface area contributed by atoms with Crippen molar-refractivity contribution in [1.29, 1.82) is 0 Å². The van der Waals surface area contributed by atoms with Crippen LogP contribution in [0, 0.1) is 6.92 Å². The number of phenolic OH excluding ortho intramolecular Hbond substituents is 2. The Morgan fingerprint density at radius 2 is 1.53 bits per heavy atom. The molecule has 0 radical (unpaired) electrons. The summed E-state index contributed by atoms with van der Waals surface area (Å²) in [5.74, 6) is 0.485. The van der Waals surface area contributed by atoms with E-state index in [0.717, 1.165) is 5.56 Å². The zero-order valence-corrected chi connectivity index (χ0v) is 9.90. The number of aromatic hydroxyl groups is 2. The molecule has 17 heavy (non-hydrogen) atoms. The topological polar surface area (TPSA) is 49.7 Å². The third-order valence-electron chi connectivity index (χ3n) is 2.26. The van der Waals surface area contributed by atoms with Gasteiger partial charge in [-0.1, -0.05) is 17.7 Å². The normalized spacial score (nSPS) is 10.2. The average Bonchev–Trinajstić information content (AvgIpc) is 2.25. The molecule has 0 aliphatic heterocycles. The Labute approximate surface area is 104 Å². The highest BCUT2D eigenvalue weighted by Crippen LogP contribution is 2.36. The van der Waals surface area contributed by atoms with Crippen LogP contribution in [0.1, 0.15) is 5.56 Å². The average molecular weight is 251 g/mol. The van der Waals surface area contributed by atoms with Gasteiger partial charge >= 0.3 is 0 Å². The maximum atomic E-state index is 9.67. The van der Waals surface area contributed by atoms with Gasteiger partial charge in [0, 0.05) is 11.1 Å². The lowest BCUT2D eigenvalue weighted by Crippen LogP contribution is -1.86. The fraction of sp³-hybridized carbons (Fsp3) is 0.0769. The van der Waals surface area contributed by atoms with E-state index in [2.05, 4.69) is 0 Å². The lowest BCUT2D eigenvalue weighted by Gasteiger charge is -2.09. The van der Waals surface area contributed by atoms with Gasteiger partial charge in [0.1, 0.15) is 0 Å². The minimum Gasteiger partial charge on any atom is -0.504 e. The van der Waals surface area contributed by atoms with Gasteiger partial charge in [0.15, 0.2) is 23.0 Å². The molecule has 0 spiro atoms. The summed E-state index contributed by atoms with van der Waals surface area (Å²) >= 11 is 5.71. The van der Waals surface area contributed by atoms with Crippen LogP contribution < -0.4 is 4.74 Å². The quantitative estimate of drug-likeness (QED) is 0.851. The first kappa shape index (κ1) is 11.6. The first-order valence-electron chi connectivity index (χ1n) is 5.02. The molecule has 4 heteroatoms. The molecule has 0 aromatic heterocycles. The van der Waals surface area contributed by atoms with Gasteiger partial charge in [-0.15, -0.1) is 0 Å². The standard InChI is InChI=1S/C13H11ClO3/c1-8-2-4-12(10(15)6-8)17-13-5-3-9(14)7-11(13)16/h2-7,15-16H,1H3. The van der Waals surface area contributed by atoms with Gasteiger partial charge in [-0.05, 0) is 36.8 Å². The van der Waals surface area contributed by atoms with E-state index < -0.39 is 0 Å². The van der Waals surface area contributed by atoms with Gasteiger partial charge in [-0.3, -0.25) is 0 Å². The van der Waals surface area contributed by atoms with Crippen LogP contribution >= 0.6 is 11.6 Å². The molecule has 2 aromatic carbocycles. The van der Waals surface area contributed by atoms with Crippen molar-refractivity contribution in [3.63, 3.8) is 0 Å². The zero-order valence-electron chi connectivity index (χ0n) is 9.14. The smallest absolute Gasteiger partial charge is 0.169 e. The molecule has 0 saturated carbocycles. The summed E-state index contributed by atoms with van der Waals surface area (Å²) in [6.07, 6.45) is 0. The highest BCUT2D eigenvalue weighted by atomic mass is 35.5. The molecule has 0 saturated heterocycles. The van der Waals surface area contributed by atoms with Crippen LogP contribution in [0.4, 0.5) is 0 Å². The highest BCUT2D eigenvalue weighted by molar-refractivity contribution is 6.30. The van der Waals surface area contributed by atoms with E-state index in [0.29, 0.717) is 5.02 Å². The van der Waals surface area contributed by atoms with Crippen molar-refractivity contribution in [2.75, 3.05) is 0 Å². The third-order valence-corrected chi connectivity index (χ3v) is 2.49. The largest absolute Gasteiger partial charge is 0.504 e. The van der Waals surface area contributed by atoms with Gasteiger partial charge in [0.2, 0.25) is 0 Å². The van der Waals surface area contributed by atoms with Crippen LogP contribution in [0.5, 0.6) is 23.0 Å². The Kier molecular flexibility index (Phi) is 3.11. The van der Waals surface area contributed by atoms with Gasteiger partial charge < -0.3 is 14.9 Å². The molecule has 2 N–H and O–H groups in total. The summed E-state index contributed by atoms with van der Waals surface area (Å²) in [5.41, 5.74) is 0.926. The first-order valence-corrected chi connectivity index (χ1v) is 5.40. The molecule has 3 nitrogen and oxygen atoms in total. The Bertz CT molecular complexity index is 503. The van der Waals surface area contributed by atoms with Gasteiger partial charge in [-0.25, -0.2) is 0 Å². The summed E-state index contributed by atoms with van der Waals surface area (Å²) in [6, 6.07) is 9.55. The summed E-state index contributed by atoms with van der Waals surface area (Å²) in [7, 11) is 0. The maximum Gasteiger partial charge on any atom is 0.169 e.